The molecule has 0 aromatic heterocycles. The Kier molecular flexibility index (Phi) is 10.1. The molecule has 0 amide bonds. The molecule has 3 heteroatoms. The lowest BCUT2D eigenvalue weighted by molar-refractivity contribution is -0.0150. The lowest BCUT2D eigenvalue weighted by atomic mass is 9.74. The van der Waals surface area contributed by atoms with Crippen molar-refractivity contribution in [3.05, 3.63) is 65.7 Å². The molecule has 1 heterocycles. The van der Waals surface area contributed by atoms with Crippen LogP contribution in [0, 0.1) is 0 Å². The minimum atomic E-state index is -0.897. The maximum atomic E-state index is 12.4. The third-order valence-electron chi connectivity index (χ3n) is 6.99. The number of ether oxygens (including phenoxy) is 1. The Morgan fingerprint density at radius 1 is 0.875 bits per heavy atom. The molecule has 1 N–H and O–H groups in total. The number of aliphatic hydroxyl groups is 1. The highest BCUT2D eigenvalue weighted by Gasteiger charge is 2.40. The molecule has 3 rings (SSSR count). The fourth-order valence-electron chi connectivity index (χ4n) is 5.14. The monoisotopic (exact) mass is 437 g/mol. The summed E-state index contributed by atoms with van der Waals surface area (Å²) in [6, 6.07) is 18.9. The Balaban J connectivity index is 1.94. The summed E-state index contributed by atoms with van der Waals surface area (Å²) in [5, 5.41) is 12.4. The van der Waals surface area contributed by atoms with Gasteiger partial charge in [-0.3, -0.25) is 0 Å². The maximum Gasteiger partial charge on any atom is 0.119 e. The van der Waals surface area contributed by atoms with E-state index >= 15 is 0 Å². The third kappa shape index (κ3) is 6.83. The van der Waals surface area contributed by atoms with Crippen LogP contribution in [0.15, 0.2) is 54.6 Å². The average Bonchev–Trinajstić information content (AvgIpc) is 3.10. The molecule has 0 aliphatic carbocycles. The lowest BCUT2D eigenvalue weighted by Gasteiger charge is -2.40. The van der Waals surface area contributed by atoms with Gasteiger partial charge in [0.25, 0.3) is 0 Å². The van der Waals surface area contributed by atoms with Gasteiger partial charge >= 0.3 is 0 Å². The summed E-state index contributed by atoms with van der Waals surface area (Å²) in [5.74, 6) is 0.912. The van der Waals surface area contributed by atoms with Crippen LogP contribution in [-0.2, 0) is 5.60 Å². The largest absolute Gasteiger partial charge is 0.494 e. The van der Waals surface area contributed by atoms with Crippen LogP contribution < -0.4 is 4.74 Å². The highest BCUT2D eigenvalue weighted by molar-refractivity contribution is 5.35. The van der Waals surface area contributed by atoms with Crippen LogP contribution in [0.2, 0.25) is 0 Å². The minimum absolute atomic E-state index is 0.0429. The van der Waals surface area contributed by atoms with Gasteiger partial charge in [0, 0.05) is 12.5 Å². The second-order valence-corrected chi connectivity index (χ2v) is 9.37. The summed E-state index contributed by atoms with van der Waals surface area (Å²) < 4.78 is 5.68. The van der Waals surface area contributed by atoms with Crippen molar-refractivity contribution in [2.75, 3.05) is 26.2 Å². The van der Waals surface area contributed by atoms with Gasteiger partial charge in [-0.25, -0.2) is 0 Å². The zero-order valence-corrected chi connectivity index (χ0v) is 20.3. The minimum Gasteiger partial charge on any atom is -0.494 e. The molecule has 32 heavy (non-hydrogen) atoms. The standard InChI is InChI=1S/C29H43NO2/c1-3-5-6-12-21-29(31,26-17-19-27(20-18-26)32-4-2)28(25-15-10-9-11-16-25)24-30-22-13-7-8-14-23-30/h9-11,15-20,28,31H,3-8,12-14,21-24H2,1-2H3/t28-,29+/m0/s1. The van der Waals surface area contributed by atoms with E-state index in [1.807, 2.05) is 19.1 Å². The average molecular weight is 438 g/mol. The van der Waals surface area contributed by atoms with Gasteiger partial charge in [0.15, 0.2) is 0 Å². The van der Waals surface area contributed by atoms with Crippen molar-refractivity contribution >= 4 is 0 Å². The number of likely N-dealkylation sites (tertiary alicyclic amines) is 1. The molecule has 2 aromatic carbocycles. The smallest absolute Gasteiger partial charge is 0.119 e. The molecule has 1 aliphatic rings. The zero-order valence-electron chi connectivity index (χ0n) is 20.3. The molecule has 1 aliphatic heterocycles. The molecule has 1 fully saturated rings. The van der Waals surface area contributed by atoms with Gasteiger partial charge in [-0.1, -0.05) is 87.9 Å². The Bertz CT molecular complexity index is 752. The van der Waals surface area contributed by atoms with Crippen LogP contribution in [0.4, 0.5) is 0 Å². The van der Waals surface area contributed by atoms with Crippen molar-refractivity contribution in [2.45, 2.75) is 83.2 Å². The van der Waals surface area contributed by atoms with Gasteiger partial charge in [-0.05, 0) is 62.5 Å². The van der Waals surface area contributed by atoms with Gasteiger partial charge < -0.3 is 14.7 Å². The summed E-state index contributed by atoms with van der Waals surface area (Å²) in [7, 11) is 0. The molecule has 1 saturated heterocycles. The van der Waals surface area contributed by atoms with E-state index in [4.69, 9.17) is 4.74 Å². The van der Waals surface area contributed by atoms with E-state index in [1.54, 1.807) is 0 Å². The summed E-state index contributed by atoms with van der Waals surface area (Å²) in [5.41, 5.74) is 1.36. The first kappa shape index (κ1) is 24.8. The molecule has 3 nitrogen and oxygen atoms in total. The molecule has 0 bridgehead atoms. The van der Waals surface area contributed by atoms with Crippen LogP contribution in [-0.4, -0.2) is 36.2 Å². The maximum absolute atomic E-state index is 12.4. The van der Waals surface area contributed by atoms with Crippen LogP contribution in [0.1, 0.15) is 88.7 Å². The summed E-state index contributed by atoms with van der Waals surface area (Å²) in [6.45, 7) is 8.08. The first-order chi connectivity index (χ1) is 15.7. The normalized spacial score (nSPS) is 18.0. The fraction of sp³-hybridized carbons (Fsp3) is 0.586. The molecule has 2 aromatic rings. The van der Waals surface area contributed by atoms with E-state index in [0.29, 0.717) is 6.61 Å². The molecular weight excluding hydrogens is 394 g/mol. The van der Waals surface area contributed by atoms with Crippen molar-refractivity contribution in [2.24, 2.45) is 0 Å². The second kappa shape index (κ2) is 13.0. The van der Waals surface area contributed by atoms with Crippen molar-refractivity contribution in [3.8, 4) is 5.75 Å². The van der Waals surface area contributed by atoms with E-state index < -0.39 is 5.60 Å². The number of unbranched alkanes of at least 4 members (excludes halogenated alkanes) is 3. The number of benzene rings is 2. The van der Waals surface area contributed by atoms with Gasteiger partial charge in [-0.15, -0.1) is 0 Å². The van der Waals surface area contributed by atoms with Crippen LogP contribution in [0.25, 0.3) is 0 Å². The SMILES string of the molecule is CCCCCC[C@@](O)(c1ccc(OCC)cc1)[C@@H](CN1CCCCCC1)c1ccccc1. The van der Waals surface area contributed by atoms with Crippen molar-refractivity contribution in [1.29, 1.82) is 0 Å². The fourth-order valence-corrected chi connectivity index (χ4v) is 5.14. The predicted molar refractivity (Wildman–Crippen MR) is 134 cm³/mol. The quantitative estimate of drug-likeness (QED) is 0.366. The number of hydrogen-bond acceptors (Lipinski definition) is 3. The Morgan fingerprint density at radius 2 is 1.56 bits per heavy atom. The first-order valence-corrected chi connectivity index (χ1v) is 12.9. The Labute approximate surface area is 195 Å². The van der Waals surface area contributed by atoms with Gasteiger partial charge in [-0.2, -0.15) is 0 Å². The van der Waals surface area contributed by atoms with E-state index in [-0.39, 0.29) is 5.92 Å². The van der Waals surface area contributed by atoms with E-state index in [9.17, 15) is 5.11 Å². The number of hydrogen-bond donors (Lipinski definition) is 1. The topological polar surface area (TPSA) is 32.7 Å². The highest BCUT2D eigenvalue weighted by Crippen LogP contribution is 2.42. The first-order valence-electron chi connectivity index (χ1n) is 12.9. The van der Waals surface area contributed by atoms with Gasteiger partial charge in [0.1, 0.15) is 5.75 Å². The van der Waals surface area contributed by atoms with Gasteiger partial charge in [0.2, 0.25) is 0 Å². The number of rotatable bonds is 12. The van der Waals surface area contributed by atoms with Crippen LogP contribution >= 0.6 is 0 Å². The van der Waals surface area contributed by atoms with E-state index in [1.165, 1.54) is 50.5 Å². The van der Waals surface area contributed by atoms with Gasteiger partial charge in [0.05, 0.1) is 12.2 Å². The molecule has 0 radical (unpaired) electrons. The molecule has 0 saturated carbocycles. The molecule has 0 unspecified atom stereocenters. The van der Waals surface area contributed by atoms with Crippen molar-refractivity contribution < 1.29 is 9.84 Å². The van der Waals surface area contributed by atoms with Crippen molar-refractivity contribution in [1.82, 2.24) is 4.90 Å². The van der Waals surface area contributed by atoms with Crippen LogP contribution in [0.5, 0.6) is 5.75 Å². The van der Waals surface area contributed by atoms with Crippen molar-refractivity contribution in [3.63, 3.8) is 0 Å². The lowest BCUT2D eigenvalue weighted by Crippen LogP contribution is -2.41. The Hall–Kier alpha value is -1.84. The molecule has 0 spiro atoms. The summed E-state index contributed by atoms with van der Waals surface area (Å²) >= 11 is 0. The van der Waals surface area contributed by atoms with E-state index in [0.717, 1.165) is 43.8 Å². The molecule has 176 valence electrons. The molecular formula is C29H43NO2. The number of nitrogens with zero attached hydrogens (tertiary/aromatic N) is 1. The summed E-state index contributed by atoms with van der Waals surface area (Å²) in [4.78, 5) is 2.59. The molecule has 2 atom stereocenters. The zero-order chi connectivity index (χ0) is 22.7. The Morgan fingerprint density at radius 3 is 2.19 bits per heavy atom. The van der Waals surface area contributed by atoms with Crippen LogP contribution in [0.3, 0.4) is 0 Å². The summed E-state index contributed by atoms with van der Waals surface area (Å²) in [6.07, 6.45) is 10.6. The second-order valence-electron chi connectivity index (χ2n) is 9.37. The third-order valence-corrected chi connectivity index (χ3v) is 6.99. The van der Waals surface area contributed by atoms with E-state index in [2.05, 4.69) is 54.3 Å². The highest BCUT2D eigenvalue weighted by atomic mass is 16.5. The predicted octanol–water partition coefficient (Wildman–Crippen LogP) is 6.90.